The fourth-order valence-electron chi connectivity index (χ4n) is 12.5. The van der Waals surface area contributed by atoms with Crippen LogP contribution in [0.2, 0.25) is 0 Å². The lowest BCUT2D eigenvalue weighted by Gasteiger charge is -2.62. The Morgan fingerprint density at radius 1 is 0.709 bits per heavy atom. The highest BCUT2D eigenvalue weighted by Gasteiger charge is 2.63. The lowest BCUT2D eigenvalue weighted by molar-refractivity contribution is -0.181. The molecule has 10 atom stereocenters. The molecular weight excluding hydrogens is 681 g/mol. The normalized spacial score (nSPS) is 32.3. The standard InChI is InChI=1S/C50H86O5/c1-5-6-7-8-9-10-11-12-13-14-15-16-17-18-19-20-21-22-23-24-25-26-27-28-48(54)55-41-35-36-49(3)40(37-41)30-31-42-44-33-32-43(39(2)29-34-47(52)53)50(44,4)46(51)38-45(42)49/h11-12,14-15,39-46,51H,5-10,13,16-38H2,1-4H3,(H,52,53)/b12-11-,15-14-. The molecule has 0 saturated heterocycles. The van der Waals surface area contributed by atoms with Crippen LogP contribution in [0.4, 0.5) is 0 Å². The Balaban J connectivity index is 0.999. The highest BCUT2D eigenvalue weighted by molar-refractivity contribution is 5.69. The number of aliphatic carboxylic acids is 1. The molecule has 4 aliphatic carbocycles. The average Bonchev–Trinajstić information content (AvgIpc) is 3.53. The summed E-state index contributed by atoms with van der Waals surface area (Å²) in [5.74, 6) is 2.33. The molecule has 0 aromatic heterocycles. The molecule has 5 nitrogen and oxygen atoms in total. The van der Waals surface area contributed by atoms with Gasteiger partial charge in [0, 0.05) is 12.8 Å². The molecule has 0 spiro atoms. The summed E-state index contributed by atoms with van der Waals surface area (Å²) in [5, 5.41) is 21.1. The number of carboxylic acids is 1. The monoisotopic (exact) mass is 767 g/mol. The summed E-state index contributed by atoms with van der Waals surface area (Å²) in [6.07, 6.45) is 43.8. The van der Waals surface area contributed by atoms with E-state index in [2.05, 4.69) is 52.0 Å². The minimum absolute atomic E-state index is 0.0102. The number of aliphatic hydroxyl groups is 1. The Bertz CT molecular complexity index is 1160. The van der Waals surface area contributed by atoms with Crippen molar-refractivity contribution in [2.75, 3.05) is 0 Å². The van der Waals surface area contributed by atoms with E-state index in [1.807, 2.05) is 0 Å². The van der Waals surface area contributed by atoms with Crippen LogP contribution in [-0.2, 0) is 14.3 Å². The molecule has 0 aromatic carbocycles. The zero-order valence-corrected chi connectivity index (χ0v) is 36.3. The molecule has 316 valence electrons. The number of hydrogen-bond donors (Lipinski definition) is 2. The lowest BCUT2D eigenvalue weighted by Crippen LogP contribution is -2.59. The Hall–Kier alpha value is -1.62. The van der Waals surface area contributed by atoms with Crippen molar-refractivity contribution in [2.45, 2.75) is 233 Å². The summed E-state index contributed by atoms with van der Waals surface area (Å²) < 4.78 is 6.12. The van der Waals surface area contributed by atoms with Gasteiger partial charge in [-0.2, -0.15) is 0 Å². The van der Waals surface area contributed by atoms with Crippen LogP contribution < -0.4 is 0 Å². The predicted octanol–water partition coefficient (Wildman–Crippen LogP) is 14.0. The Labute approximate surface area is 338 Å². The van der Waals surface area contributed by atoms with Gasteiger partial charge in [0.05, 0.1) is 6.10 Å². The first-order chi connectivity index (χ1) is 26.6. The Morgan fingerprint density at radius 2 is 1.31 bits per heavy atom. The fourth-order valence-corrected chi connectivity index (χ4v) is 12.5. The maximum absolute atomic E-state index is 12.9. The molecule has 0 aromatic rings. The fraction of sp³-hybridized carbons (Fsp3) is 0.880. The molecule has 0 amide bonds. The predicted molar refractivity (Wildman–Crippen MR) is 229 cm³/mol. The molecule has 0 heterocycles. The van der Waals surface area contributed by atoms with Gasteiger partial charge in [0.1, 0.15) is 6.10 Å². The third-order valence-electron chi connectivity index (χ3n) is 15.9. The molecule has 55 heavy (non-hydrogen) atoms. The van der Waals surface area contributed by atoms with Crippen molar-refractivity contribution in [3.8, 4) is 0 Å². The van der Waals surface area contributed by atoms with E-state index in [0.29, 0.717) is 48.3 Å². The first-order valence-corrected chi connectivity index (χ1v) is 24.0. The molecule has 4 aliphatic rings. The summed E-state index contributed by atoms with van der Waals surface area (Å²) in [4.78, 5) is 24.2. The maximum atomic E-state index is 12.9. The molecule has 2 N–H and O–H groups in total. The molecule has 4 fully saturated rings. The van der Waals surface area contributed by atoms with Gasteiger partial charge in [0.25, 0.3) is 0 Å². The SMILES string of the molecule is CCCCCCC/C=C\C/C=C\CCCCCCCCCCCCCC(=O)OC1CCC2(C)C(CCC3C2CC(O)C2(C)C(C(C)CCC(=O)O)CCC32)C1. The second-order valence-electron chi connectivity index (χ2n) is 19.6. The van der Waals surface area contributed by atoms with Crippen LogP contribution in [0.5, 0.6) is 0 Å². The molecule has 0 radical (unpaired) electrons. The van der Waals surface area contributed by atoms with Crippen LogP contribution in [0.25, 0.3) is 0 Å². The smallest absolute Gasteiger partial charge is 0.306 e. The Kier molecular flexibility index (Phi) is 20.4. The van der Waals surface area contributed by atoms with Gasteiger partial charge in [-0.1, -0.05) is 135 Å². The summed E-state index contributed by atoms with van der Waals surface area (Å²) in [5.41, 5.74) is 0.111. The van der Waals surface area contributed by atoms with Crippen molar-refractivity contribution in [1.29, 1.82) is 0 Å². The number of carboxylic acid groups (broad SMARTS) is 1. The van der Waals surface area contributed by atoms with Crippen LogP contribution in [-0.4, -0.2) is 34.4 Å². The van der Waals surface area contributed by atoms with Crippen molar-refractivity contribution in [3.63, 3.8) is 0 Å². The highest BCUT2D eigenvalue weighted by Crippen LogP contribution is 2.68. The second-order valence-corrected chi connectivity index (χ2v) is 19.6. The van der Waals surface area contributed by atoms with Gasteiger partial charge >= 0.3 is 11.9 Å². The summed E-state index contributed by atoms with van der Waals surface area (Å²) >= 11 is 0. The molecule has 4 saturated carbocycles. The summed E-state index contributed by atoms with van der Waals surface area (Å²) in [6, 6.07) is 0. The maximum Gasteiger partial charge on any atom is 0.306 e. The van der Waals surface area contributed by atoms with E-state index < -0.39 is 5.97 Å². The zero-order chi connectivity index (χ0) is 39.5. The number of hydrogen-bond acceptors (Lipinski definition) is 4. The molecular formula is C50H86O5. The van der Waals surface area contributed by atoms with Crippen molar-refractivity contribution in [2.24, 2.45) is 46.3 Å². The van der Waals surface area contributed by atoms with E-state index in [1.54, 1.807) is 0 Å². The van der Waals surface area contributed by atoms with Gasteiger partial charge in [-0.25, -0.2) is 0 Å². The van der Waals surface area contributed by atoms with E-state index in [0.717, 1.165) is 51.4 Å². The van der Waals surface area contributed by atoms with Gasteiger partial charge < -0.3 is 14.9 Å². The van der Waals surface area contributed by atoms with E-state index in [1.165, 1.54) is 122 Å². The topological polar surface area (TPSA) is 83.8 Å². The van der Waals surface area contributed by atoms with E-state index in [4.69, 9.17) is 4.74 Å². The van der Waals surface area contributed by atoms with Crippen molar-refractivity contribution < 1.29 is 24.5 Å². The largest absolute Gasteiger partial charge is 0.481 e. The second kappa shape index (κ2) is 24.3. The number of carbonyl (C=O) groups is 2. The van der Waals surface area contributed by atoms with Crippen molar-refractivity contribution in [3.05, 3.63) is 24.3 Å². The van der Waals surface area contributed by atoms with Gasteiger partial charge in [0.15, 0.2) is 0 Å². The van der Waals surface area contributed by atoms with Crippen LogP contribution in [0.15, 0.2) is 24.3 Å². The van der Waals surface area contributed by atoms with E-state index in [9.17, 15) is 19.8 Å². The Morgan fingerprint density at radius 3 is 1.93 bits per heavy atom. The number of fused-ring (bicyclic) bond motifs is 5. The average molecular weight is 767 g/mol. The van der Waals surface area contributed by atoms with Crippen LogP contribution in [0, 0.1) is 46.3 Å². The van der Waals surface area contributed by atoms with Crippen LogP contribution in [0.1, 0.15) is 220 Å². The number of rotatable bonds is 27. The molecule has 10 unspecified atom stereocenters. The molecule has 5 heteroatoms. The molecule has 0 bridgehead atoms. The molecule has 4 rings (SSSR count). The van der Waals surface area contributed by atoms with Gasteiger partial charge in [-0.05, 0) is 143 Å². The first kappa shape index (κ1) is 46.1. The van der Waals surface area contributed by atoms with E-state index >= 15 is 0 Å². The van der Waals surface area contributed by atoms with E-state index in [-0.39, 0.29) is 35.4 Å². The lowest BCUT2D eigenvalue weighted by atomic mass is 9.43. The van der Waals surface area contributed by atoms with Gasteiger partial charge in [-0.15, -0.1) is 0 Å². The summed E-state index contributed by atoms with van der Waals surface area (Å²) in [7, 11) is 0. The van der Waals surface area contributed by atoms with Crippen molar-refractivity contribution in [1.82, 2.24) is 0 Å². The highest BCUT2D eigenvalue weighted by atomic mass is 16.5. The number of aliphatic hydroxyl groups excluding tert-OH is 1. The molecule has 0 aliphatic heterocycles. The zero-order valence-electron chi connectivity index (χ0n) is 36.3. The van der Waals surface area contributed by atoms with Crippen LogP contribution >= 0.6 is 0 Å². The van der Waals surface area contributed by atoms with Crippen molar-refractivity contribution >= 4 is 11.9 Å². The number of unbranched alkanes of at least 4 members (excludes halogenated alkanes) is 16. The minimum Gasteiger partial charge on any atom is -0.481 e. The number of ether oxygens (including phenoxy) is 1. The number of carbonyl (C=O) groups excluding carboxylic acids is 1. The van der Waals surface area contributed by atoms with Gasteiger partial charge in [0.2, 0.25) is 0 Å². The van der Waals surface area contributed by atoms with Gasteiger partial charge in [-0.3, -0.25) is 9.59 Å². The minimum atomic E-state index is -0.711. The third-order valence-corrected chi connectivity index (χ3v) is 15.9. The van der Waals surface area contributed by atoms with Crippen LogP contribution in [0.3, 0.4) is 0 Å². The quantitative estimate of drug-likeness (QED) is 0.0494. The number of esters is 1. The third kappa shape index (κ3) is 13.7. The first-order valence-electron chi connectivity index (χ1n) is 24.0. The number of allylic oxidation sites excluding steroid dienone is 4. The summed E-state index contributed by atoms with van der Waals surface area (Å²) in [6.45, 7) is 9.35.